The summed E-state index contributed by atoms with van der Waals surface area (Å²) in [5, 5.41) is 0. The quantitative estimate of drug-likeness (QED) is 0.682. The summed E-state index contributed by atoms with van der Waals surface area (Å²) in [4.78, 5) is 1.24. The fraction of sp³-hybridized carbons (Fsp3) is 0.273. The van der Waals surface area contributed by atoms with Crippen LogP contribution in [-0.2, 0) is 0 Å². The van der Waals surface area contributed by atoms with Gasteiger partial charge in [0.25, 0.3) is 0 Å². The molecule has 0 N–H and O–H groups in total. The van der Waals surface area contributed by atoms with E-state index in [1.807, 2.05) is 13.0 Å². The van der Waals surface area contributed by atoms with Crippen LogP contribution in [0.4, 0.5) is 0 Å². The topological polar surface area (TPSA) is 9.23 Å². The summed E-state index contributed by atoms with van der Waals surface area (Å²) in [6.07, 6.45) is 2.06. The van der Waals surface area contributed by atoms with Crippen molar-refractivity contribution in [1.29, 1.82) is 0 Å². The summed E-state index contributed by atoms with van der Waals surface area (Å²) >= 11 is 1.72. The zero-order valence-corrected chi connectivity index (χ0v) is 9.07. The maximum atomic E-state index is 5.24. The Labute approximate surface area is 83.8 Å². The predicted molar refractivity (Wildman–Crippen MR) is 59.5 cm³/mol. The summed E-state index contributed by atoms with van der Waals surface area (Å²) in [6, 6.07) is 6.14. The van der Waals surface area contributed by atoms with Gasteiger partial charge in [0.2, 0.25) is 0 Å². The van der Waals surface area contributed by atoms with E-state index in [4.69, 9.17) is 4.74 Å². The van der Waals surface area contributed by atoms with Gasteiger partial charge in [-0.3, -0.25) is 0 Å². The van der Waals surface area contributed by atoms with Crippen molar-refractivity contribution in [3.63, 3.8) is 0 Å². The van der Waals surface area contributed by atoms with Crippen molar-refractivity contribution in [2.24, 2.45) is 0 Å². The summed E-state index contributed by atoms with van der Waals surface area (Å²) in [7, 11) is 1.68. The first-order valence-corrected chi connectivity index (χ1v) is 5.29. The van der Waals surface area contributed by atoms with Gasteiger partial charge in [0.1, 0.15) is 5.75 Å². The lowest BCUT2D eigenvalue weighted by molar-refractivity contribution is 0.413. The Balaban J connectivity index is 3.18. The highest BCUT2D eigenvalue weighted by molar-refractivity contribution is 7.98. The van der Waals surface area contributed by atoms with Crippen molar-refractivity contribution in [1.82, 2.24) is 0 Å². The molecule has 0 amide bonds. The predicted octanol–water partition coefficient (Wildman–Crippen LogP) is 3.45. The Kier molecular flexibility index (Phi) is 3.43. The first-order chi connectivity index (χ1) is 6.19. The number of rotatable bonds is 3. The van der Waals surface area contributed by atoms with E-state index in [-0.39, 0.29) is 0 Å². The van der Waals surface area contributed by atoms with E-state index in [0.717, 1.165) is 16.9 Å². The first-order valence-electron chi connectivity index (χ1n) is 4.07. The molecule has 1 rings (SSSR count). The Morgan fingerprint density at radius 3 is 2.62 bits per heavy atom. The molecular weight excluding hydrogens is 180 g/mol. The van der Waals surface area contributed by atoms with Gasteiger partial charge in [-0.15, -0.1) is 11.8 Å². The lowest BCUT2D eigenvalue weighted by atomic mass is 10.1. The van der Waals surface area contributed by atoms with E-state index in [2.05, 4.69) is 25.0 Å². The largest absolute Gasteiger partial charge is 0.496 e. The normalized spacial score (nSPS) is 9.77. The van der Waals surface area contributed by atoms with Crippen LogP contribution in [-0.4, -0.2) is 13.4 Å². The van der Waals surface area contributed by atoms with E-state index >= 15 is 0 Å². The van der Waals surface area contributed by atoms with Crippen LogP contribution >= 0.6 is 11.8 Å². The molecule has 0 atom stereocenters. The van der Waals surface area contributed by atoms with E-state index in [0.29, 0.717) is 0 Å². The van der Waals surface area contributed by atoms with E-state index in [1.54, 1.807) is 18.9 Å². The van der Waals surface area contributed by atoms with Crippen LogP contribution < -0.4 is 4.74 Å². The molecular formula is C11H14OS. The number of ether oxygens (including phenoxy) is 1. The van der Waals surface area contributed by atoms with Gasteiger partial charge in [0.05, 0.1) is 7.11 Å². The lowest BCUT2D eigenvalue weighted by Crippen LogP contribution is -1.89. The fourth-order valence-corrected chi connectivity index (χ4v) is 1.59. The molecule has 1 nitrogen and oxygen atoms in total. The summed E-state index contributed by atoms with van der Waals surface area (Å²) in [6.45, 7) is 5.91. The minimum atomic E-state index is 0.894. The van der Waals surface area contributed by atoms with Crippen LogP contribution in [0.3, 0.4) is 0 Å². The molecule has 0 aliphatic rings. The molecule has 0 fully saturated rings. The molecule has 1 aromatic carbocycles. The van der Waals surface area contributed by atoms with Gasteiger partial charge in [-0.05, 0) is 37.0 Å². The Morgan fingerprint density at radius 1 is 1.46 bits per heavy atom. The highest BCUT2D eigenvalue weighted by atomic mass is 32.2. The molecule has 0 aliphatic heterocycles. The van der Waals surface area contributed by atoms with Crippen molar-refractivity contribution in [3.05, 3.63) is 30.3 Å². The van der Waals surface area contributed by atoms with Crippen LogP contribution in [0.5, 0.6) is 5.75 Å². The minimum Gasteiger partial charge on any atom is -0.496 e. The molecule has 0 heterocycles. The zero-order valence-electron chi connectivity index (χ0n) is 8.26. The molecule has 1 aromatic rings. The standard InChI is InChI=1S/C11H14OS/c1-8(2)10-7-9(13-4)5-6-11(10)12-3/h5-7H,1H2,2-4H3. The second-order valence-electron chi connectivity index (χ2n) is 2.85. The van der Waals surface area contributed by atoms with Gasteiger partial charge >= 0.3 is 0 Å². The molecule has 2 heteroatoms. The zero-order chi connectivity index (χ0) is 9.84. The maximum absolute atomic E-state index is 5.24. The SMILES string of the molecule is C=C(C)c1cc(SC)ccc1OC. The molecule has 0 spiro atoms. The summed E-state index contributed by atoms with van der Waals surface area (Å²) in [5.41, 5.74) is 2.13. The van der Waals surface area contributed by atoms with Gasteiger partial charge in [0.15, 0.2) is 0 Å². The maximum Gasteiger partial charge on any atom is 0.126 e. The average Bonchev–Trinajstić information content (AvgIpc) is 2.16. The van der Waals surface area contributed by atoms with E-state index in [1.165, 1.54) is 4.90 Å². The molecule has 0 radical (unpaired) electrons. The Hall–Kier alpha value is -0.890. The van der Waals surface area contributed by atoms with Crippen molar-refractivity contribution in [3.8, 4) is 5.75 Å². The number of thioether (sulfide) groups is 1. The molecule has 0 saturated heterocycles. The number of benzene rings is 1. The van der Waals surface area contributed by atoms with Crippen LogP contribution in [0.1, 0.15) is 12.5 Å². The van der Waals surface area contributed by atoms with Crippen LogP contribution in [0.15, 0.2) is 29.7 Å². The van der Waals surface area contributed by atoms with Crippen LogP contribution in [0.2, 0.25) is 0 Å². The molecule has 0 saturated carbocycles. The highest BCUT2D eigenvalue weighted by Crippen LogP contribution is 2.28. The highest BCUT2D eigenvalue weighted by Gasteiger charge is 2.03. The van der Waals surface area contributed by atoms with Crippen molar-refractivity contribution in [2.75, 3.05) is 13.4 Å². The smallest absolute Gasteiger partial charge is 0.126 e. The summed E-state index contributed by atoms with van der Waals surface area (Å²) < 4.78 is 5.24. The van der Waals surface area contributed by atoms with Crippen LogP contribution in [0, 0.1) is 0 Å². The molecule has 0 aliphatic carbocycles. The lowest BCUT2D eigenvalue weighted by Gasteiger charge is -2.09. The van der Waals surface area contributed by atoms with Crippen molar-refractivity contribution < 1.29 is 4.74 Å². The van der Waals surface area contributed by atoms with Gasteiger partial charge in [-0.25, -0.2) is 0 Å². The fourth-order valence-electron chi connectivity index (χ4n) is 1.15. The third kappa shape index (κ3) is 2.28. The number of hydrogen-bond donors (Lipinski definition) is 0. The third-order valence-electron chi connectivity index (χ3n) is 1.87. The van der Waals surface area contributed by atoms with Gasteiger partial charge in [-0.2, -0.15) is 0 Å². The van der Waals surface area contributed by atoms with Crippen LogP contribution in [0.25, 0.3) is 5.57 Å². The second kappa shape index (κ2) is 4.38. The summed E-state index contributed by atoms with van der Waals surface area (Å²) in [5.74, 6) is 0.894. The second-order valence-corrected chi connectivity index (χ2v) is 3.73. The number of methoxy groups -OCH3 is 1. The molecule has 13 heavy (non-hydrogen) atoms. The number of allylic oxidation sites excluding steroid dienone is 1. The average molecular weight is 194 g/mol. The third-order valence-corrected chi connectivity index (χ3v) is 2.59. The monoisotopic (exact) mass is 194 g/mol. The number of hydrogen-bond acceptors (Lipinski definition) is 2. The van der Waals surface area contributed by atoms with Gasteiger partial charge < -0.3 is 4.74 Å². The molecule has 0 aromatic heterocycles. The molecule has 0 unspecified atom stereocenters. The van der Waals surface area contributed by atoms with E-state index < -0.39 is 0 Å². The Bertz CT molecular complexity index is 318. The minimum absolute atomic E-state index is 0.894. The molecule has 0 bridgehead atoms. The van der Waals surface area contributed by atoms with Crippen molar-refractivity contribution in [2.45, 2.75) is 11.8 Å². The van der Waals surface area contributed by atoms with Crippen molar-refractivity contribution >= 4 is 17.3 Å². The van der Waals surface area contributed by atoms with Gasteiger partial charge in [-0.1, -0.05) is 6.58 Å². The van der Waals surface area contributed by atoms with E-state index in [9.17, 15) is 0 Å². The Morgan fingerprint density at radius 2 is 2.15 bits per heavy atom. The van der Waals surface area contributed by atoms with Gasteiger partial charge in [0, 0.05) is 10.5 Å². The molecule has 70 valence electrons. The first kappa shape index (κ1) is 10.2.